The number of H-pyrrole nitrogens is 1. The molecule has 0 radical (unpaired) electrons. The number of nitrogens with zero attached hydrogens (tertiary/aromatic N) is 1. The van der Waals surface area contributed by atoms with Gasteiger partial charge in [0.25, 0.3) is 5.56 Å². The third-order valence-electron chi connectivity index (χ3n) is 4.05. The molecule has 2 heterocycles. The van der Waals surface area contributed by atoms with Crippen LogP contribution < -0.4 is 5.56 Å². The largest absolute Gasteiger partial charge is 0.381 e. The van der Waals surface area contributed by atoms with Crippen LogP contribution in [0.2, 0.25) is 5.02 Å². The summed E-state index contributed by atoms with van der Waals surface area (Å²) in [6.45, 7) is 3.07. The van der Waals surface area contributed by atoms with Gasteiger partial charge in [-0.25, -0.2) is 9.49 Å². The van der Waals surface area contributed by atoms with Crippen LogP contribution in [0, 0.1) is 12.7 Å². The van der Waals surface area contributed by atoms with Gasteiger partial charge in [0.05, 0.1) is 16.3 Å². The minimum Gasteiger partial charge on any atom is -0.381 e. The Morgan fingerprint density at radius 1 is 1.32 bits per heavy atom. The van der Waals surface area contributed by atoms with Crippen LogP contribution in [-0.2, 0) is 4.74 Å². The van der Waals surface area contributed by atoms with E-state index in [9.17, 15) is 9.18 Å². The number of hydrogen-bond donors (Lipinski definition) is 1. The highest BCUT2D eigenvalue weighted by atomic mass is 35.5. The maximum absolute atomic E-state index is 14.3. The summed E-state index contributed by atoms with van der Waals surface area (Å²) in [6, 6.07) is 4.42. The Balaban J connectivity index is 2.27. The van der Waals surface area contributed by atoms with Gasteiger partial charge in [0.15, 0.2) is 0 Å². The predicted molar refractivity (Wildman–Crippen MR) is 82.8 cm³/mol. The Morgan fingerprint density at radius 3 is 2.73 bits per heavy atom. The lowest BCUT2D eigenvalue weighted by Gasteiger charge is -2.25. The lowest BCUT2D eigenvalue weighted by molar-refractivity contribution is 0.0852. The molecule has 0 saturated carbocycles. The highest BCUT2D eigenvalue weighted by Crippen LogP contribution is 2.37. The number of aromatic amines is 1. The van der Waals surface area contributed by atoms with Gasteiger partial charge in [-0.2, -0.15) is 5.10 Å². The molecule has 1 aliphatic rings. The molecule has 1 saturated heterocycles. The second-order valence-corrected chi connectivity index (χ2v) is 5.82. The third kappa shape index (κ3) is 2.66. The number of ether oxygens (including phenoxy) is 1. The smallest absolute Gasteiger partial charge is 0.272 e. The fourth-order valence-corrected chi connectivity index (χ4v) is 3.28. The molecule has 1 fully saturated rings. The number of hydrogen-bond acceptors (Lipinski definition) is 3. The molecule has 0 amide bonds. The Labute approximate surface area is 132 Å². The van der Waals surface area contributed by atoms with Gasteiger partial charge in [-0.3, -0.25) is 4.79 Å². The van der Waals surface area contributed by atoms with E-state index in [1.54, 1.807) is 6.07 Å². The molecule has 1 N–H and O–H groups in total. The maximum atomic E-state index is 14.3. The molecule has 1 aromatic carbocycles. The van der Waals surface area contributed by atoms with Crippen molar-refractivity contribution in [2.24, 2.45) is 0 Å². The lowest BCUT2D eigenvalue weighted by Crippen LogP contribution is -2.22. The van der Waals surface area contributed by atoms with Gasteiger partial charge in [0.1, 0.15) is 5.82 Å². The monoisotopic (exact) mass is 322 g/mol. The highest BCUT2D eigenvalue weighted by Gasteiger charge is 2.26. The van der Waals surface area contributed by atoms with Gasteiger partial charge in [0, 0.05) is 18.8 Å². The first-order valence-electron chi connectivity index (χ1n) is 7.21. The molecule has 1 aliphatic heterocycles. The van der Waals surface area contributed by atoms with Crippen LogP contribution in [0.25, 0.3) is 11.1 Å². The lowest BCUT2D eigenvalue weighted by atomic mass is 9.85. The fourth-order valence-electron chi connectivity index (χ4n) is 3.02. The molecule has 3 rings (SSSR count). The topological polar surface area (TPSA) is 55.0 Å². The van der Waals surface area contributed by atoms with E-state index in [2.05, 4.69) is 10.2 Å². The Kier molecular flexibility index (Phi) is 4.27. The molecule has 0 atom stereocenters. The van der Waals surface area contributed by atoms with Crippen molar-refractivity contribution in [3.63, 3.8) is 0 Å². The highest BCUT2D eigenvalue weighted by molar-refractivity contribution is 6.33. The number of rotatable bonds is 2. The van der Waals surface area contributed by atoms with Crippen molar-refractivity contribution in [1.82, 2.24) is 10.2 Å². The van der Waals surface area contributed by atoms with E-state index in [1.807, 2.05) is 6.92 Å². The van der Waals surface area contributed by atoms with Crippen molar-refractivity contribution < 1.29 is 9.13 Å². The average Bonchev–Trinajstić information content (AvgIpc) is 2.51. The fraction of sp³-hybridized carbons (Fsp3) is 0.375. The summed E-state index contributed by atoms with van der Waals surface area (Å²) in [5.74, 6) is -0.383. The zero-order valence-corrected chi connectivity index (χ0v) is 12.9. The van der Waals surface area contributed by atoms with Crippen molar-refractivity contribution in [2.45, 2.75) is 25.7 Å². The minimum absolute atomic E-state index is 0.120. The molecule has 2 aromatic rings. The van der Waals surface area contributed by atoms with Crippen LogP contribution in [0.15, 0.2) is 23.0 Å². The maximum Gasteiger partial charge on any atom is 0.272 e. The first-order valence-corrected chi connectivity index (χ1v) is 7.58. The molecule has 6 heteroatoms. The first kappa shape index (κ1) is 15.2. The van der Waals surface area contributed by atoms with Crippen molar-refractivity contribution in [3.05, 3.63) is 50.7 Å². The molecule has 0 bridgehead atoms. The van der Waals surface area contributed by atoms with E-state index in [1.165, 1.54) is 12.1 Å². The van der Waals surface area contributed by atoms with E-state index in [4.69, 9.17) is 16.3 Å². The van der Waals surface area contributed by atoms with Crippen LogP contribution in [0.1, 0.15) is 30.0 Å². The van der Waals surface area contributed by atoms with Crippen LogP contribution in [0.3, 0.4) is 0 Å². The molecule has 0 spiro atoms. The number of nitrogens with one attached hydrogen (secondary N) is 1. The molecule has 0 unspecified atom stereocenters. The summed E-state index contributed by atoms with van der Waals surface area (Å²) in [6.07, 6.45) is 1.57. The van der Waals surface area contributed by atoms with Gasteiger partial charge < -0.3 is 4.74 Å². The van der Waals surface area contributed by atoms with Gasteiger partial charge >= 0.3 is 0 Å². The van der Waals surface area contributed by atoms with Gasteiger partial charge in [-0.1, -0.05) is 17.7 Å². The number of aromatic nitrogens is 2. The summed E-state index contributed by atoms with van der Waals surface area (Å²) in [5, 5.41) is 6.72. The zero-order valence-electron chi connectivity index (χ0n) is 12.2. The van der Waals surface area contributed by atoms with Crippen molar-refractivity contribution in [2.75, 3.05) is 13.2 Å². The average molecular weight is 323 g/mol. The summed E-state index contributed by atoms with van der Waals surface area (Å²) in [5.41, 5.74) is 1.50. The van der Waals surface area contributed by atoms with E-state index in [0.29, 0.717) is 24.5 Å². The van der Waals surface area contributed by atoms with Crippen LogP contribution in [0.4, 0.5) is 4.39 Å². The number of benzene rings is 1. The van der Waals surface area contributed by atoms with Crippen molar-refractivity contribution >= 4 is 11.6 Å². The number of halogens is 2. The summed E-state index contributed by atoms with van der Waals surface area (Å²) in [7, 11) is 0. The van der Waals surface area contributed by atoms with Gasteiger partial charge in [-0.15, -0.1) is 0 Å². The standard InChI is InChI=1S/C16H16ClFN2O2/c1-9-13(10-5-7-22-8-6-10)15(16(21)20-19-9)14-11(17)3-2-4-12(14)18/h2-4,10H,5-8H2,1H3,(H,20,21). The second kappa shape index (κ2) is 6.18. The Bertz CT molecular complexity index is 734. The van der Waals surface area contributed by atoms with Crippen LogP contribution >= 0.6 is 11.6 Å². The Morgan fingerprint density at radius 2 is 2.05 bits per heavy atom. The summed E-state index contributed by atoms with van der Waals surface area (Å²) >= 11 is 6.16. The quantitative estimate of drug-likeness (QED) is 0.921. The normalized spacial score (nSPS) is 16.0. The molecule has 22 heavy (non-hydrogen) atoms. The van der Waals surface area contributed by atoms with Crippen LogP contribution in [0.5, 0.6) is 0 Å². The van der Waals surface area contributed by atoms with Crippen molar-refractivity contribution in [1.29, 1.82) is 0 Å². The molecule has 116 valence electrons. The van der Waals surface area contributed by atoms with Gasteiger partial charge in [0.2, 0.25) is 0 Å². The number of aryl methyl sites for hydroxylation is 1. The molecule has 4 nitrogen and oxygen atoms in total. The summed E-state index contributed by atoms with van der Waals surface area (Å²) < 4.78 is 19.7. The Hall–Kier alpha value is -1.72. The molecule has 0 aliphatic carbocycles. The predicted octanol–water partition coefficient (Wildman–Crippen LogP) is 3.43. The molecule has 1 aromatic heterocycles. The molecular weight excluding hydrogens is 307 g/mol. The first-order chi connectivity index (χ1) is 10.6. The SMILES string of the molecule is Cc1n[nH]c(=O)c(-c2c(F)cccc2Cl)c1C1CCOCC1. The summed E-state index contributed by atoms with van der Waals surface area (Å²) in [4.78, 5) is 12.4. The third-order valence-corrected chi connectivity index (χ3v) is 4.37. The van der Waals surface area contributed by atoms with E-state index >= 15 is 0 Å². The minimum atomic E-state index is -0.503. The van der Waals surface area contributed by atoms with E-state index in [0.717, 1.165) is 18.4 Å². The zero-order chi connectivity index (χ0) is 15.7. The van der Waals surface area contributed by atoms with Crippen LogP contribution in [-0.4, -0.2) is 23.4 Å². The van der Waals surface area contributed by atoms with Crippen molar-refractivity contribution in [3.8, 4) is 11.1 Å². The molecular formula is C16H16ClFN2O2. The van der Waals surface area contributed by atoms with Gasteiger partial charge in [-0.05, 0) is 43.4 Å². The van der Waals surface area contributed by atoms with E-state index in [-0.39, 0.29) is 16.5 Å². The van der Waals surface area contributed by atoms with E-state index < -0.39 is 11.4 Å². The second-order valence-electron chi connectivity index (χ2n) is 5.41.